The van der Waals surface area contributed by atoms with Crippen molar-refractivity contribution in [2.75, 3.05) is 17.3 Å². The molecular formula is C24H19FN2O3. The van der Waals surface area contributed by atoms with Crippen LogP contribution in [-0.4, -0.2) is 18.9 Å². The van der Waals surface area contributed by atoms with E-state index in [0.717, 1.165) is 10.5 Å². The lowest BCUT2D eigenvalue weighted by molar-refractivity contribution is -0.120. The summed E-state index contributed by atoms with van der Waals surface area (Å²) in [6, 6.07) is 19.6. The standard InChI is InChI=1S/C24H19FN2O3/c1-15-3-9-18(10-4-15)26-22-21(16-5-7-17(25)8-6-16)23(28)27(24(22)29)19-11-13-20(30-2)14-12-19/h3-14,26H,1-2H3. The molecule has 4 rings (SSSR count). The molecule has 1 aliphatic heterocycles. The van der Waals surface area contributed by atoms with E-state index in [1.54, 1.807) is 31.4 Å². The topological polar surface area (TPSA) is 58.6 Å². The molecule has 0 fully saturated rings. The number of rotatable bonds is 5. The first-order valence-corrected chi connectivity index (χ1v) is 9.34. The Morgan fingerprint density at radius 3 is 2.07 bits per heavy atom. The number of halogens is 1. The van der Waals surface area contributed by atoms with Crippen LogP contribution in [0.3, 0.4) is 0 Å². The first-order valence-electron chi connectivity index (χ1n) is 9.34. The molecule has 0 bridgehead atoms. The van der Waals surface area contributed by atoms with Gasteiger partial charge in [0, 0.05) is 5.69 Å². The van der Waals surface area contributed by atoms with Gasteiger partial charge < -0.3 is 10.1 Å². The van der Waals surface area contributed by atoms with Crippen molar-refractivity contribution in [3.8, 4) is 5.75 Å². The van der Waals surface area contributed by atoms with Crippen molar-refractivity contribution in [3.05, 3.63) is 95.4 Å². The van der Waals surface area contributed by atoms with E-state index in [4.69, 9.17) is 4.74 Å². The summed E-state index contributed by atoms with van der Waals surface area (Å²) in [7, 11) is 1.54. The van der Waals surface area contributed by atoms with Crippen molar-refractivity contribution < 1.29 is 18.7 Å². The van der Waals surface area contributed by atoms with Gasteiger partial charge in [-0.25, -0.2) is 9.29 Å². The van der Waals surface area contributed by atoms with Gasteiger partial charge in [-0.3, -0.25) is 9.59 Å². The summed E-state index contributed by atoms with van der Waals surface area (Å²) >= 11 is 0. The number of imide groups is 1. The second-order valence-electron chi connectivity index (χ2n) is 6.89. The highest BCUT2D eigenvalue weighted by atomic mass is 19.1. The van der Waals surface area contributed by atoms with Crippen molar-refractivity contribution >= 4 is 28.8 Å². The zero-order chi connectivity index (χ0) is 21.3. The summed E-state index contributed by atoms with van der Waals surface area (Å²) in [4.78, 5) is 27.7. The van der Waals surface area contributed by atoms with Gasteiger partial charge >= 0.3 is 0 Å². The van der Waals surface area contributed by atoms with Gasteiger partial charge in [-0.15, -0.1) is 0 Å². The average Bonchev–Trinajstić information content (AvgIpc) is 3.00. The Kier molecular flexibility index (Phi) is 5.06. The largest absolute Gasteiger partial charge is 0.497 e. The first-order chi connectivity index (χ1) is 14.5. The Labute approximate surface area is 173 Å². The van der Waals surface area contributed by atoms with E-state index in [1.165, 1.54) is 24.3 Å². The molecule has 1 aliphatic rings. The van der Waals surface area contributed by atoms with Crippen LogP contribution in [0.15, 0.2) is 78.5 Å². The first kappa shape index (κ1) is 19.4. The van der Waals surface area contributed by atoms with Gasteiger partial charge in [-0.1, -0.05) is 29.8 Å². The van der Waals surface area contributed by atoms with Gasteiger partial charge in [0.2, 0.25) is 0 Å². The van der Waals surface area contributed by atoms with Gasteiger partial charge in [0.15, 0.2) is 0 Å². The van der Waals surface area contributed by atoms with Crippen LogP contribution < -0.4 is 15.0 Å². The average molecular weight is 402 g/mol. The minimum Gasteiger partial charge on any atom is -0.497 e. The van der Waals surface area contributed by atoms with Crippen LogP contribution in [0, 0.1) is 12.7 Å². The molecule has 0 unspecified atom stereocenters. The number of benzene rings is 3. The van der Waals surface area contributed by atoms with Crippen molar-refractivity contribution in [3.63, 3.8) is 0 Å². The Balaban J connectivity index is 1.78. The normalized spacial score (nSPS) is 13.8. The van der Waals surface area contributed by atoms with Gasteiger partial charge in [0.05, 0.1) is 18.4 Å². The third kappa shape index (κ3) is 3.55. The number of carbonyl (C=O) groups excluding carboxylic acids is 2. The highest BCUT2D eigenvalue weighted by Gasteiger charge is 2.40. The molecule has 5 nitrogen and oxygen atoms in total. The minimum atomic E-state index is -0.481. The fraction of sp³-hybridized carbons (Fsp3) is 0.0833. The van der Waals surface area contributed by atoms with Crippen molar-refractivity contribution in [1.82, 2.24) is 0 Å². The van der Waals surface area contributed by atoms with Crippen LogP contribution >= 0.6 is 0 Å². The van der Waals surface area contributed by atoms with Crippen LogP contribution in [0.4, 0.5) is 15.8 Å². The number of amides is 2. The molecule has 0 spiro atoms. The summed E-state index contributed by atoms with van der Waals surface area (Å²) in [6.07, 6.45) is 0. The number of carbonyl (C=O) groups is 2. The molecule has 30 heavy (non-hydrogen) atoms. The predicted molar refractivity (Wildman–Crippen MR) is 114 cm³/mol. The maximum Gasteiger partial charge on any atom is 0.282 e. The highest BCUT2D eigenvalue weighted by Crippen LogP contribution is 2.34. The van der Waals surface area contributed by atoms with Gasteiger partial charge in [-0.2, -0.15) is 0 Å². The van der Waals surface area contributed by atoms with E-state index in [0.29, 0.717) is 22.7 Å². The van der Waals surface area contributed by atoms with E-state index in [9.17, 15) is 14.0 Å². The highest BCUT2D eigenvalue weighted by molar-refractivity contribution is 6.46. The van der Waals surface area contributed by atoms with E-state index >= 15 is 0 Å². The number of nitrogens with zero attached hydrogens (tertiary/aromatic N) is 1. The lowest BCUT2D eigenvalue weighted by Gasteiger charge is -2.16. The molecule has 0 aliphatic carbocycles. The number of ether oxygens (including phenoxy) is 1. The van der Waals surface area contributed by atoms with E-state index in [1.807, 2.05) is 31.2 Å². The molecule has 150 valence electrons. The molecule has 6 heteroatoms. The summed E-state index contributed by atoms with van der Waals surface area (Å²) in [6.45, 7) is 1.96. The zero-order valence-corrected chi connectivity index (χ0v) is 16.5. The number of methoxy groups -OCH3 is 1. The molecule has 0 aromatic heterocycles. The Morgan fingerprint density at radius 1 is 0.833 bits per heavy atom. The maximum atomic E-state index is 13.4. The van der Waals surface area contributed by atoms with E-state index in [-0.39, 0.29) is 11.3 Å². The number of aryl methyl sites for hydroxylation is 1. The van der Waals surface area contributed by atoms with Gasteiger partial charge in [0.1, 0.15) is 17.3 Å². The third-order valence-corrected chi connectivity index (χ3v) is 4.87. The molecule has 3 aromatic rings. The molecular weight excluding hydrogens is 383 g/mol. The number of anilines is 2. The van der Waals surface area contributed by atoms with Crippen LogP contribution in [0.5, 0.6) is 5.75 Å². The molecule has 0 saturated carbocycles. The van der Waals surface area contributed by atoms with E-state index < -0.39 is 17.6 Å². The molecule has 0 atom stereocenters. The van der Waals surface area contributed by atoms with Crippen LogP contribution in [0.25, 0.3) is 5.57 Å². The number of nitrogens with one attached hydrogen (secondary N) is 1. The summed E-state index contributed by atoms with van der Waals surface area (Å²) < 4.78 is 18.6. The van der Waals surface area contributed by atoms with Crippen LogP contribution in [-0.2, 0) is 9.59 Å². The molecule has 0 saturated heterocycles. The number of hydrogen-bond donors (Lipinski definition) is 1. The summed E-state index contributed by atoms with van der Waals surface area (Å²) in [5.74, 6) is -0.768. The van der Waals surface area contributed by atoms with Crippen molar-refractivity contribution in [2.24, 2.45) is 0 Å². The van der Waals surface area contributed by atoms with Crippen molar-refractivity contribution in [1.29, 1.82) is 0 Å². The smallest absolute Gasteiger partial charge is 0.282 e. The SMILES string of the molecule is COc1ccc(N2C(=O)C(Nc3ccc(C)cc3)=C(c3ccc(F)cc3)C2=O)cc1. The molecule has 1 N–H and O–H groups in total. The van der Waals surface area contributed by atoms with Crippen molar-refractivity contribution in [2.45, 2.75) is 6.92 Å². The molecule has 0 radical (unpaired) electrons. The summed E-state index contributed by atoms with van der Waals surface area (Å²) in [5, 5.41) is 3.08. The molecule has 2 amide bonds. The van der Waals surface area contributed by atoms with Gasteiger partial charge in [0.25, 0.3) is 11.8 Å². The minimum absolute atomic E-state index is 0.145. The summed E-state index contributed by atoms with van der Waals surface area (Å²) in [5.41, 5.74) is 2.96. The fourth-order valence-corrected chi connectivity index (χ4v) is 3.28. The third-order valence-electron chi connectivity index (χ3n) is 4.87. The zero-order valence-electron chi connectivity index (χ0n) is 16.5. The Bertz CT molecular complexity index is 1130. The number of hydrogen-bond acceptors (Lipinski definition) is 4. The predicted octanol–water partition coefficient (Wildman–Crippen LogP) is 4.54. The molecule has 1 heterocycles. The lowest BCUT2D eigenvalue weighted by atomic mass is 10.0. The second-order valence-corrected chi connectivity index (χ2v) is 6.89. The quantitative estimate of drug-likeness (QED) is 0.637. The van der Waals surface area contributed by atoms with Crippen LogP contribution in [0.2, 0.25) is 0 Å². The Morgan fingerprint density at radius 2 is 1.47 bits per heavy atom. The Hall–Kier alpha value is -3.93. The monoisotopic (exact) mass is 402 g/mol. The fourth-order valence-electron chi connectivity index (χ4n) is 3.28. The van der Waals surface area contributed by atoms with E-state index in [2.05, 4.69) is 5.32 Å². The lowest BCUT2D eigenvalue weighted by Crippen LogP contribution is -2.32. The molecule has 3 aromatic carbocycles. The van der Waals surface area contributed by atoms with Gasteiger partial charge in [-0.05, 0) is 61.0 Å². The second kappa shape index (κ2) is 7.83. The van der Waals surface area contributed by atoms with Crippen LogP contribution in [0.1, 0.15) is 11.1 Å². The maximum absolute atomic E-state index is 13.4.